The summed E-state index contributed by atoms with van der Waals surface area (Å²) >= 11 is 0. The second-order valence-corrected chi connectivity index (χ2v) is 3.88. The van der Waals surface area contributed by atoms with Gasteiger partial charge >= 0.3 is 0 Å². The van der Waals surface area contributed by atoms with Crippen molar-refractivity contribution in [2.24, 2.45) is 5.92 Å². The average molecular weight is 198 g/mol. The van der Waals surface area contributed by atoms with Crippen LogP contribution < -0.4 is 5.32 Å². The number of methoxy groups -OCH3 is 1. The largest absolute Gasteiger partial charge is 0.383 e. The first-order valence-corrected chi connectivity index (χ1v) is 5.31. The first kappa shape index (κ1) is 13.4. The minimum atomic E-state index is 0.432. The van der Waals surface area contributed by atoms with Gasteiger partial charge in [-0.15, -0.1) is 0 Å². The summed E-state index contributed by atoms with van der Waals surface area (Å²) in [7, 11) is 1.73. The molecule has 0 aromatic heterocycles. The van der Waals surface area contributed by atoms with E-state index in [0.717, 1.165) is 26.0 Å². The lowest BCUT2D eigenvalue weighted by molar-refractivity contribution is 0.147. The third kappa shape index (κ3) is 6.88. The molecule has 82 valence electrons. The van der Waals surface area contributed by atoms with Crippen molar-refractivity contribution in [1.29, 1.82) is 5.26 Å². The number of nitrogens with zero attached hydrogens (tertiary/aromatic N) is 1. The van der Waals surface area contributed by atoms with Crippen molar-refractivity contribution in [3.8, 4) is 6.07 Å². The lowest BCUT2D eigenvalue weighted by atomic mass is 10.1. The SMILES string of the molecule is COCC(NCCCCC#N)C(C)C. The summed E-state index contributed by atoms with van der Waals surface area (Å²) < 4.78 is 5.13. The average Bonchev–Trinajstić information content (AvgIpc) is 2.15. The van der Waals surface area contributed by atoms with Crippen LogP contribution >= 0.6 is 0 Å². The maximum Gasteiger partial charge on any atom is 0.0621 e. The van der Waals surface area contributed by atoms with Crippen LogP contribution in [0.3, 0.4) is 0 Å². The molecular formula is C11H22N2O. The van der Waals surface area contributed by atoms with E-state index >= 15 is 0 Å². The maximum absolute atomic E-state index is 8.36. The van der Waals surface area contributed by atoms with E-state index in [2.05, 4.69) is 25.2 Å². The second-order valence-electron chi connectivity index (χ2n) is 3.88. The van der Waals surface area contributed by atoms with Crippen molar-refractivity contribution in [2.75, 3.05) is 20.3 Å². The van der Waals surface area contributed by atoms with Gasteiger partial charge in [0.15, 0.2) is 0 Å². The number of hydrogen-bond acceptors (Lipinski definition) is 3. The van der Waals surface area contributed by atoms with Gasteiger partial charge in [0.25, 0.3) is 0 Å². The molecule has 0 aromatic rings. The maximum atomic E-state index is 8.36. The van der Waals surface area contributed by atoms with E-state index in [9.17, 15) is 0 Å². The lowest BCUT2D eigenvalue weighted by Crippen LogP contribution is -2.38. The van der Waals surface area contributed by atoms with E-state index < -0.39 is 0 Å². The molecule has 0 spiro atoms. The van der Waals surface area contributed by atoms with Crippen LogP contribution in [0.25, 0.3) is 0 Å². The molecule has 0 heterocycles. The number of rotatable bonds is 8. The van der Waals surface area contributed by atoms with Crippen molar-refractivity contribution in [1.82, 2.24) is 5.32 Å². The quantitative estimate of drug-likeness (QED) is 0.606. The van der Waals surface area contributed by atoms with Crippen LogP contribution in [0.2, 0.25) is 0 Å². The van der Waals surface area contributed by atoms with E-state index in [4.69, 9.17) is 10.00 Å². The summed E-state index contributed by atoms with van der Waals surface area (Å²) in [6.45, 7) is 6.11. The highest BCUT2D eigenvalue weighted by Crippen LogP contribution is 2.02. The highest BCUT2D eigenvalue weighted by molar-refractivity contribution is 4.71. The smallest absolute Gasteiger partial charge is 0.0621 e. The molecule has 3 heteroatoms. The molecule has 0 aromatic carbocycles. The van der Waals surface area contributed by atoms with Crippen LogP contribution in [0, 0.1) is 17.2 Å². The fraction of sp³-hybridized carbons (Fsp3) is 0.909. The highest BCUT2D eigenvalue weighted by Gasteiger charge is 2.11. The predicted molar refractivity (Wildman–Crippen MR) is 58.0 cm³/mol. The molecule has 0 aliphatic carbocycles. The zero-order valence-corrected chi connectivity index (χ0v) is 9.55. The molecule has 0 radical (unpaired) electrons. The molecule has 0 saturated heterocycles. The van der Waals surface area contributed by atoms with Crippen LogP contribution in [0.15, 0.2) is 0 Å². The standard InChI is InChI=1S/C11H22N2O/c1-10(2)11(9-14-3)13-8-6-4-5-7-12/h10-11,13H,4-6,8-9H2,1-3H3. The lowest BCUT2D eigenvalue weighted by Gasteiger charge is -2.21. The van der Waals surface area contributed by atoms with Gasteiger partial charge in [-0.2, -0.15) is 5.26 Å². The third-order valence-electron chi connectivity index (χ3n) is 2.27. The number of ether oxygens (including phenoxy) is 1. The Bertz CT molecular complexity index is 163. The Hall–Kier alpha value is -0.590. The Labute approximate surface area is 87.4 Å². The fourth-order valence-electron chi connectivity index (χ4n) is 1.28. The molecule has 0 saturated carbocycles. The molecule has 0 bridgehead atoms. The van der Waals surface area contributed by atoms with Gasteiger partial charge in [0.1, 0.15) is 0 Å². The van der Waals surface area contributed by atoms with Crippen LogP contribution in [0.4, 0.5) is 0 Å². The van der Waals surface area contributed by atoms with Gasteiger partial charge in [-0.25, -0.2) is 0 Å². The number of nitriles is 1. The Morgan fingerprint density at radius 2 is 2.07 bits per heavy atom. The molecule has 0 aliphatic heterocycles. The Morgan fingerprint density at radius 3 is 2.57 bits per heavy atom. The summed E-state index contributed by atoms with van der Waals surface area (Å²) in [6.07, 6.45) is 2.72. The van der Waals surface area contributed by atoms with E-state index in [1.807, 2.05) is 0 Å². The minimum absolute atomic E-state index is 0.432. The van der Waals surface area contributed by atoms with Crippen molar-refractivity contribution in [3.05, 3.63) is 0 Å². The molecule has 14 heavy (non-hydrogen) atoms. The van der Waals surface area contributed by atoms with Gasteiger partial charge in [-0.1, -0.05) is 13.8 Å². The predicted octanol–water partition coefficient (Wildman–Crippen LogP) is 1.94. The zero-order chi connectivity index (χ0) is 10.8. The van der Waals surface area contributed by atoms with Crippen LogP contribution in [-0.2, 0) is 4.74 Å². The number of unbranched alkanes of at least 4 members (excludes halogenated alkanes) is 2. The highest BCUT2D eigenvalue weighted by atomic mass is 16.5. The van der Waals surface area contributed by atoms with Crippen LogP contribution in [-0.4, -0.2) is 26.3 Å². The van der Waals surface area contributed by atoms with Gasteiger partial charge in [-0.3, -0.25) is 0 Å². The van der Waals surface area contributed by atoms with Crippen LogP contribution in [0.5, 0.6) is 0 Å². The Balaban J connectivity index is 3.46. The summed E-state index contributed by atoms with van der Waals surface area (Å²) in [5, 5.41) is 11.8. The van der Waals surface area contributed by atoms with E-state index in [1.165, 1.54) is 0 Å². The van der Waals surface area contributed by atoms with Gasteiger partial charge in [0, 0.05) is 19.6 Å². The molecule has 0 aliphatic rings. The first-order valence-electron chi connectivity index (χ1n) is 5.31. The molecule has 1 unspecified atom stereocenters. The van der Waals surface area contributed by atoms with E-state index in [0.29, 0.717) is 18.4 Å². The van der Waals surface area contributed by atoms with Crippen molar-refractivity contribution in [2.45, 2.75) is 39.2 Å². The summed E-state index contributed by atoms with van der Waals surface area (Å²) in [4.78, 5) is 0. The van der Waals surface area contributed by atoms with E-state index in [-0.39, 0.29) is 0 Å². The number of nitrogens with one attached hydrogen (secondary N) is 1. The first-order chi connectivity index (χ1) is 6.72. The second kappa shape index (κ2) is 8.98. The summed E-state index contributed by atoms with van der Waals surface area (Å²) in [5.74, 6) is 0.589. The van der Waals surface area contributed by atoms with Gasteiger partial charge in [-0.05, 0) is 25.3 Å². The van der Waals surface area contributed by atoms with Crippen molar-refractivity contribution >= 4 is 0 Å². The molecule has 0 fully saturated rings. The molecule has 1 atom stereocenters. The van der Waals surface area contributed by atoms with E-state index in [1.54, 1.807) is 7.11 Å². The van der Waals surface area contributed by atoms with Gasteiger partial charge in [0.2, 0.25) is 0 Å². The van der Waals surface area contributed by atoms with Gasteiger partial charge in [0.05, 0.1) is 12.7 Å². The van der Waals surface area contributed by atoms with Crippen LogP contribution in [0.1, 0.15) is 33.1 Å². The Morgan fingerprint density at radius 1 is 1.36 bits per heavy atom. The van der Waals surface area contributed by atoms with Gasteiger partial charge < -0.3 is 10.1 Å². The monoisotopic (exact) mass is 198 g/mol. The fourth-order valence-corrected chi connectivity index (χ4v) is 1.28. The summed E-state index contributed by atoms with van der Waals surface area (Å²) in [6, 6.07) is 2.58. The van der Waals surface area contributed by atoms with Crippen molar-refractivity contribution < 1.29 is 4.74 Å². The normalized spacial score (nSPS) is 12.8. The minimum Gasteiger partial charge on any atom is -0.383 e. The molecule has 0 rings (SSSR count). The third-order valence-corrected chi connectivity index (χ3v) is 2.27. The molecular weight excluding hydrogens is 176 g/mol. The zero-order valence-electron chi connectivity index (χ0n) is 9.55. The Kier molecular flexibility index (Phi) is 8.61. The number of hydrogen-bond donors (Lipinski definition) is 1. The van der Waals surface area contributed by atoms with Crippen molar-refractivity contribution in [3.63, 3.8) is 0 Å². The molecule has 0 amide bonds. The topological polar surface area (TPSA) is 45.0 Å². The molecule has 1 N–H and O–H groups in total. The molecule has 3 nitrogen and oxygen atoms in total. The summed E-state index contributed by atoms with van der Waals surface area (Å²) in [5.41, 5.74) is 0.